The van der Waals surface area contributed by atoms with E-state index in [2.05, 4.69) is 5.32 Å². The number of hydrogen-bond acceptors (Lipinski definition) is 6. The Labute approximate surface area is 159 Å². The lowest BCUT2D eigenvalue weighted by Gasteiger charge is -2.14. The fraction of sp³-hybridized carbons (Fsp3) is 0.222. The van der Waals surface area contributed by atoms with Crippen LogP contribution >= 0.6 is 11.6 Å². The number of hydrogen-bond donors (Lipinski definition) is 1. The van der Waals surface area contributed by atoms with Crippen molar-refractivity contribution in [3.8, 4) is 17.2 Å². The van der Waals surface area contributed by atoms with Gasteiger partial charge < -0.3 is 23.9 Å². The number of anilines is 1. The van der Waals surface area contributed by atoms with Crippen molar-refractivity contribution < 1.29 is 23.4 Å². The van der Waals surface area contributed by atoms with Crippen LogP contribution in [0.5, 0.6) is 17.2 Å². The fourth-order valence-corrected chi connectivity index (χ4v) is 2.85. The summed E-state index contributed by atoms with van der Waals surface area (Å²) in [6.45, 7) is -0.232. The molecule has 2 aromatic carbocycles. The molecule has 8 nitrogen and oxygen atoms in total. The van der Waals surface area contributed by atoms with Gasteiger partial charge >= 0.3 is 5.76 Å². The molecule has 3 rings (SSSR count). The van der Waals surface area contributed by atoms with Crippen molar-refractivity contribution in [2.24, 2.45) is 0 Å². The molecule has 27 heavy (non-hydrogen) atoms. The Kier molecular flexibility index (Phi) is 5.27. The molecule has 0 saturated heterocycles. The third-order valence-electron chi connectivity index (χ3n) is 3.88. The number of benzene rings is 2. The summed E-state index contributed by atoms with van der Waals surface area (Å²) >= 11 is 5.89. The van der Waals surface area contributed by atoms with Crippen molar-refractivity contribution in [1.29, 1.82) is 0 Å². The zero-order chi connectivity index (χ0) is 19.6. The van der Waals surface area contributed by atoms with Gasteiger partial charge in [0, 0.05) is 28.9 Å². The second kappa shape index (κ2) is 7.63. The number of fused-ring (bicyclic) bond motifs is 1. The van der Waals surface area contributed by atoms with E-state index in [1.807, 2.05) is 0 Å². The van der Waals surface area contributed by atoms with Gasteiger partial charge in [-0.05, 0) is 12.1 Å². The van der Waals surface area contributed by atoms with E-state index >= 15 is 0 Å². The number of rotatable bonds is 6. The van der Waals surface area contributed by atoms with E-state index in [9.17, 15) is 9.59 Å². The number of oxazole rings is 1. The van der Waals surface area contributed by atoms with E-state index in [1.54, 1.807) is 24.3 Å². The first-order valence-corrected chi connectivity index (χ1v) is 8.23. The van der Waals surface area contributed by atoms with Gasteiger partial charge in [-0.25, -0.2) is 4.79 Å². The monoisotopic (exact) mass is 392 g/mol. The number of carbonyl (C=O) groups excluding carboxylic acids is 1. The highest BCUT2D eigenvalue weighted by Gasteiger charge is 2.16. The SMILES string of the molecule is COc1cc(NC(=O)Cn2c(=O)oc3cc(Cl)ccc32)cc(OC)c1OC. The fourth-order valence-electron chi connectivity index (χ4n) is 2.69. The van der Waals surface area contributed by atoms with Crippen molar-refractivity contribution in [2.45, 2.75) is 6.54 Å². The van der Waals surface area contributed by atoms with Gasteiger partial charge in [-0.3, -0.25) is 9.36 Å². The van der Waals surface area contributed by atoms with Crippen molar-refractivity contribution in [1.82, 2.24) is 4.57 Å². The molecule has 0 fully saturated rings. The lowest BCUT2D eigenvalue weighted by Crippen LogP contribution is -2.24. The van der Waals surface area contributed by atoms with Crippen molar-refractivity contribution in [3.63, 3.8) is 0 Å². The van der Waals surface area contributed by atoms with Gasteiger partial charge in [-0.15, -0.1) is 0 Å². The predicted molar refractivity (Wildman–Crippen MR) is 100 cm³/mol. The van der Waals surface area contributed by atoms with Crippen LogP contribution in [0.1, 0.15) is 0 Å². The van der Waals surface area contributed by atoms with Gasteiger partial charge in [0.15, 0.2) is 17.1 Å². The van der Waals surface area contributed by atoms with E-state index in [-0.39, 0.29) is 6.54 Å². The van der Waals surface area contributed by atoms with Gasteiger partial charge in [0.2, 0.25) is 11.7 Å². The first-order valence-electron chi connectivity index (χ1n) is 7.85. The molecule has 0 bridgehead atoms. The second-order valence-corrected chi connectivity index (χ2v) is 5.96. The molecule has 0 radical (unpaired) electrons. The van der Waals surface area contributed by atoms with E-state index in [4.69, 9.17) is 30.2 Å². The molecule has 0 aliphatic heterocycles. The minimum atomic E-state index is -0.646. The average molecular weight is 393 g/mol. The summed E-state index contributed by atoms with van der Waals surface area (Å²) in [6, 6.07) is 7.94. The molecule has 0 aliphatic rings. The Hall–Kier alpha value is -3.13. The second-order valence-electron chi connectivity index (χ2n) is 5.53. The molecule has 1 heterocycles. The largest absolute Gasteiger partial charge is 0.493 e. The van der Waals surface area contributed by atoms with Crippen LogP contribution in [-0.4, -0.2) is 31.8 Å². The zero-order valence-electron chi connectivity index (χ0n) is 14.9. The molecule has 0 unspecified atom stereocenters. The number of carbonyl (C=O) groups is 1. The van der Waals surface area contributed by atoms with Gasteiger partial charge in [-0.1, -0.05) is 11.6 Å². The molecule has 0 aliphatic carbocycles. The zero-order valence-corrected chi connectivity index (χ0v) is 15.6. The van der Waals surface area contributed by atoms with Crippen LogP contribution in [-0.2, 0) is 11.3 Å². The maximum absolute atomic E-state index is 12.4. The third kappa shape index (κ3) is 3.70. The highest BCUT2D eigenvalue weighted by molar-refractivity contribution is 6.31. The normalized spacial score (nSPS) is 10.7. The molecule has 1 N–H and O–H groups in total. The van der Waals surface area contributed by atoms with Gasteiger partial charge in [0.05, 0.1) is 26.8 Å². The lowest BCUT2D eigenvalue weighted by molar-refractivity contribution is -0.116. The summed E-state index contributed by atoms with van der Waals surface area (Å²) in [7, 11) is 4.44. The minimum absolute atomic E-state index is 0.232. The van der Waals surface area contributed by atoms with Crippen molar-refractivity contribution in [2.75, 3.05) is 26.6 Å². The standard InChI is InChI=1S/C18H17ClN2O6/c1-24-14-7-11(8-15(25-2)17(14)26-3)20-16(22)9-21-12-5-4-10(19)6-13(12)27-18(21)23/h4-8H,9H2,1-3H3,(H,20,22). The maximum Gasteiger partial charge on any atom is 0.420 e. The Bertz CT molecular complexity index is 1030. The molecule has 9 heteroatoms. The van der Waals surface area contributed by atoms with Gasteiger partial charge in [0.1, 0.15) is 6.54 Å². The molecule has 1 aromatic heterocycles. The Morgan fingerprint density at radius 2 is 1.78 bits per heavy atom. The summed E-state index contributed by atoms with van der Waals surface area (Å²) in [5.74, 6) is 0.128. The Balaban J connectivity index is 1.87. The van der Waals surface area contributed by atoms with Crippen molar-refractivity contribution in [3.05, 3.63) is 45.9 Å². The van der Waals surface area contributed by atoms with E-state index in [0.717, 1.165) is 0 Å². The Morgan fingerprint density at radius 1 is 1.11 bits per heavy atom. The summed E-state index contributed by atoms with van der Waals surface area (Å²) in [6.07, 6.45) is 0. The van der Waals surface area contributed by atoms with Gasteiger partial charge in [0.25, 0.3) is 0 Å². The molecule has 0 spiro atoms. The third-order valence-corrected chi connectivity index (χ3v) is 4.12. The number of nitrogens with zero attached hydrogens (tertiary/aromatic N) is 1. The van der Waals surface area contributed by atoms with Crippen LogP contribution in [0.25, 0.3) is 11.1 Å². The first-order chi connectivity index (χ1) is 13.0. The number of halogens is 1. The quantitative estimate of drug-likeness (QED) is 0.693. The molecule has 0 atom stereocenters. The summed E-state index contributed by atoms with van der Waals surface area (Å²) in [4.78, 5) is 24.5. The molecule has 1 amide bonds. The van der Waals surface area contributed by atoms with Crippen LogP contribution in [0.15, 0.2) is 39.5 Å². The summed E-state index contributed by atoms with van der Waals surface area (Å²) < 4.78 is 22.1. The molecule has 142 valence electrons. The average Bonchev–Trinajstić information content (AvgIpc) is 2.95. The molecule has 0 saturated carbocycles. The van der Waals surface area contributed by atoms with Crippen LogP contribution in [0, 0.1) is 0 Å². The Morgan fingerprint density at radius 3 is 2.37 bits per heavy atom. The first kappa shape index (κ1) is 18.7. The molecular weight excluding hydrogens is 376 g/mol. The van der Waals surface area contributed by atoms with E-state index < -0.39 is 11.7 Å². The highest BCUT2D eigenvalue weighted by Crippen LogP contribution is 2.39. The lowest BCUT2D eigenvalue weighted by atomic mass is 10.2. The maximum atomic E-state index is 12.4. The smallest absolute Gasteiger partial charge is 0.420 e. The number of ether oxygens (including phenoxy) is 3. The van der Waals surface area contributed by atoms with E-state index in [1.165, 1.54) is 32.0 Å². The van der Waals surface area contributed by atoms with Crippen LogP contribution in [0.2, 0.25) is 5.02 Å². The summed E-state index contributed by atoms with van der Waals surface area (Å²) in [5, 5.41) is 3.14. The highest BCUT2D eigenvalue weighted by atomic mass is 35.5. The predicted octanol–water partition coefficient (Wildman–Crippen LogP) is 2.91. The number of nitrogens with one attached hydrogen (secondary N) is 1. The van der Waals surface area contributed by atoms with E-state index in [0.29, 0.717) is 39.1 Å². The minimum Gasteiger partial charge on any atom is -0.493 e. The number of amides is 1. The van der Waals surface area contributed by atoms with Gasteiger partial charge in [-0.2, -0.15) is 0 Å². The number of methoxy groups -OCH3 is 3. The van der Waals surface area contributed by atoms with Crippen molar-refractivity contribution >= 4 is 34.3 Å². The number of aromatic nitrogens is 1. The van der Waals surface area contributed by atoms with Crippen LogP contribution in [0.3, 0.4) is 0 Å². The van der Waals surface area contributed by atoms with Crippen LogP contribution in [0.4, 0.5) is 5.69 Å². The van der Waals surface area contributed by atoms with Crippen LogP contribution < -0.4 is 25.3 Å². The molecular formula is C18H17ClN2O6. The summed E-state index contributed by atoms with van der Waals surface area (Å²) in [5.41, 5.74) is 1.22. The topological polar surface area (TPSA) is 91.9 Å². The molecule has 3 aromatic rings.